The van der Waals surface area contributed by atoms with Gasteiger partial charge in [0.15, 0.2) is 11.6 Å². The van der Waals surface area contributed by atoms with Crippen LogP contribution in [0.1, 0.15) is 56.1 Å². The van der Waals surface area contributed by atoms with Crippen LogP contribution in [0, 0.1) is 16.6 Å². The molecule has 3 aliphatic rings. The molecule has 1 saturated heterocycles. The van der Waals surface area contributed by atoms with Gasteiger partial charge in [-0.05, 0) is 68.8 Å². The van der Waals surface area contributed by atoms with E-state index in [1.54, 1.807) is 6.07 Å². The lowest BCUT2D eigenvalue weighted by Gasteiger charge is -2.42. The molecule has 2 atom stereocenters. The van der Waals surface area contributed by atoms with Crippen molar-refractivity contribution < 1.29 is 19.0 Å². The average molecular weight is 481 g/mol. The van der Waals surface area contributed by atoms with Crippen molar-refractivity contribution in [2.45, 2.75) is 57.4 Å². The predicted molar refractivity (Wildman–Crippen MR) is 134 cm³/mol. The lowest BCUT2D eigenvalue weighted by atomic mass is 9.78. The van der Waals surface area contributed by atoms with Crippen molar-refractivity contribution in [1.29, 1.82) is 0 Å². The number of nitrogens with zero attached hydrogens (tertiary/aromatic N) is 1. The lowest BCUT2D eigenvalue weighted by molar-refractivity contribution is -0.144. The molecular weight excluding hydrogens is 443 g/mol. The monoisotopic (exact) mass is 480 g/mol. The van der Waals surface area contributed by atoms with E-state index in [-0.39, 0.29) is 11.2 Å². The summed E-state index contributed by atoms with van der Waals surface area (Å²) in [6.07, 6.45) is 5.25. The second-order valence-corrected chi connectivity index (χ2v) is 11.0. The zero-order chi connectivity index (χ0) is 24.5. The Balaban J connectivity index is 1.24. The molecule has 0 aromatic heterocycles. The zero-order valence-electron chi connectivity index (χ0n) is 20.6. The minimum atomic E-state index is -0.660. The van der Waals surface area contributed by atoms with E-state index in [0.29, 0.717) is 30.9 Å². The number of piperidine rings is 1. The van der Waals surface area contributed by atoms with Gasteiger partial charge in [0.05, 0.1) is 12.0 Å². The highest BCUT2D eigenvalue weighted by molar-refractivity contribution is 5.78. The van der Waals surface area contributed by atoms with E-state index < -0.39 is 11.4 Å². The van der Waals surface area contributed by atoms with Crippen molar-refractivity contribution in [2.24, 2.45) is 10.8 Å². The van der Waals surface area contributed by atoms with Crippen molar-refractivity contribution >= 4 is 5.97 Å². The summed E-state index contributed by atoms with van der Waals surface area (Å²) in [4.78, 5) is 14.0. The van der Waals surface area contributed by atoms with Crippen molar-refractivity contribution in [3.8, 4) is 5.75 Å². The number of rotatable bonds is 11. The molecule has 0 amide bonds. The molecule has 3 fully saturated rings. The van der Waals surface area contributed by atoms with Crippen molar-refractivity contribution in [3.05, 3.63) is 65.5 Å². The molecule has 0 spiro atoms. The SMILES string of the molecule is CCc1cccc(F)c1OCC1(CNC2CC2c2ccccc2)CCN(CC2(C(=O)O)CC2)CC1. The van der Waals surface area contributed by atoms with Crippen LogP contribution in [0.25, 0.3) is 0 Å². The molecule has 188 valence electrons. The molecule has 1 heterocycles. The second-order valence-electron chi connectivity index (χ2n) is 11.0. The molecule has 2 aromatic carbocycles. The summed E-state index contributed by atoms with van der Waals surface area (Å²) < 4.78 is 20.8. The highest BCUT2D eigenvalue weighted by Gasteiger charge is 2.52. The number of hydrogen-bond donors (Lipinski definition) is 2. The summed E-state index contributed by atoms with van der Waals surface area (Å²) in [7, 11) is 0. The summed E-state index contributed by atoms with van der Waals surface area (Å²) in [5.74, 6) is -0.0222. The lowest BCUT2D eigenvalue weighted by Crippen LogP contribution is -2.50. The second kappa shape index (κ2) is 9.90. The third-order valence-electron chi connectivity index (χ3n) is 8.46. The van der Waals surface area contributed by atoms with Crippen LogP contribution in [0.2, 0.25) is 0 Å². The highest BCUT2D eigenvalue weighted by atomic mass is 19.1. The van der Waals surface area contributed by atoms with E-state index in [9.17, 15) is 14.3 Å². The quantitative estimate of drug-likeness (QED) is 0.481. The number of benzene rings is 2. The van der Waals surface area contributed by atoms with Crippen LogP contribution in [0.3, 0.4) is 0 Å². The summed E-state index contributed by atoms with van der Waals surface area (Å²) >= 11 is 0. The Kier molecular flexibility index (Phi) is 6.86. The number of halogens is 1. The predicted octanol–water partition coefficient (Wildman–Crippen LogP) is 4.86. The van der Waals surface area contributed by atoms with Gasteiger partial charge in [-0.25, -0.2) is 4.39 Å². The number of para-hydroxylation sites is 1. The van der Waals surface area contributed by atoms with Gasteiger partial charge in [-0.2, -0.15) is 0 Å². The van der Waals surface area contributed by atoms with Crippen molar-refractivity contribution in [1.82, 2.24) is 10.2 Å². The number of nitrogens with one attached hydrogen (secondary N) is 1. The molecule has 2 aromatic rings. The Morgan fingerprint density at radius 1 is 1.11 bits per heavy atom. The summed E-state index contributed by atoms with van der Waals surface area (Å²) in [5.41, 5.74) is 1.64. The van der Waals surface area contributed by atoms with Crippen LogP contribution in [-0.4, -0.2) is 54.8 Å². The van der Waals surface area contributed by atoms with Gasteiger partial charge in [0, 0.05) is 30.5 Å². The first kappa shape index (κ1) is 24.3. The minimum absolute atomic E-state index is 0.104. The number of ether oxygens (including phenoxy) is 1. The molecule has 5 nitrogen and oxygen atoms in total. The van der Waals surface area contributed by atoms with Gasteiger partial charge in [0.2, 0.25) is 0 Å². The smallest absolute Gasteiger partial charge is 0.310 e. The minimum Gasteiger partial charge on any atom is -0.490 e. The fraction of sp³-hybridized carbons (Fsp3) is 0.552. The van der Waals surface area contributed by atoms with E-state index in [1.807, 2.05) is 13.0 Å². The Labute approximate surface area is 207 Å². The molecule has 2 unspecified atom stereocenters. The van der Waals surface area contributed by atoms with Crippen LogP contribution in [0.15, 0.2) is 48.5 Å². The average Bonchev–Trinajstić information content (AvgIpc) is 3.80. The van der Waals surface area contributed by atoms with E-state index in [2.05, 4.69) is 40.5 Å². The Morgan fingerprint density at radius 3 is 2.51 bits per heavy atom. The molecular formula is C29H37FN2O3. The van der Waals surface area contributed by atoms with Gasteiger partial charge < -0.3 is 20.1 Å². The van der Waals surface area contributed by atoms with Gasteiger partial charge in [-0.3, -0.25) is 4.79 Å². The fourth-order valence-corrected chi connectivity index (χ4v) is 5.63. The molecule has 1 aliphatic heterocycles. The topological polar surface area (TPSA) is 61.8 Å². The standard InChI is InChI=1S/C29H37FN2O3/c1-2-21-9-6-10-24(30)26(21)35-20-28(18-31-25-17-23(25)22-7-4-3-5-8-22)13-15-32(16-14-28)19-29(11-12-29)27(33)34/h3-10,23,25,31H,2,11-20H2,1H3,(H,33,34). The van der Waals surface area contributed by atoms with Crippen molar-refractivity contribution in [3.63, 3.8) is 0 Å². The molecule has 35 heavy (non-hydrogen) atoms. The van der Waals surface area contributed by atoms with Crippen LogP contribution in [-0.2, 0) is 11.2 Å². The first-order chi connectivity index (χ1) is 16.9. The Hall–Kier alpha value is -2.44. The third-order valence-corrected chi connectivity index (χ3v) is 8.46. The summed E-state index contributed by atoms with van der Waals surface area (Å²) in [5, 5.41) is 13.4. The molecule has 5 rings (SSSR count). The van der Waals surface area contributed by atoms with E-state index in [4.69, 9.17) is 4.74 Å². The van der Waals surface area contributed by atoms with Crippen LogP contribution >= 0.6 is 0 Å². The van der Waals surface area contributed by atoms with Crippen LogP contribution < -0.4 is 10.1 Å². The summed E-state index contributed by atoms with van der Waals surface area (Å²) in [6.45, 7) is 5.65. The molecule has 2 saturated carbocycles. The van der Waals surface area contributed by atoms with E-state index >= 15 is 0 Å². The van der Waals surface area contributed by atoms with Crippen LogP contribution in [0.4, 0.5) is 4.39 Å². The fourth-order valence-electron chi connectivity index (χ4n) is 5.63. The van der Waals surface area contributed by atoms with Crippen LogP contribution in [0.5, 0.6) is 5.75 Å². The maximum Gasteiger partial charge on any atom is 0.310 e. The van der Waals surface area contributed by atoms with Gasteiger partial charge in [0.1, 0.15) is 0 Å². The first-order valence-corrected chi connectivity index (χ1v) is 13.1. The first-order valence-electron chi connectivity index (χ1n) is 13.1. The third kappa shape index (κ3) is 5.39. The number of carboxylic acid groups (broad SMARTS) is 1. The number of hydrogen-bond acceptors (Lipinski definition) is 4. The summed E-state index contributed by atoms with van der Waals surface area (Å²) in [6, 6.07) is 16.3. The van der Waals surface area contributed by atoms with Gasteiger partial charge in [-0.15, -0.1) is 0 Å². The Morgan fingerprint density at radius 2 is 1.86 bits per heavy atom. The number of carboxylic acids is 1. The number of aliphatic carboxylic acids is 1. The highest BCUT2D eigenvalue weighted by Crippen LogP contribution is 2.47. The van der Waals surface area contributed by atoms with E-state index in [1.165, 1.54) is 11.6 Å². The zero-order valence-corrected chi connectivity index (χ0v) is 20.6. The van der Waals surface area contributed by atoms with Crippen molar-refractivity contribution in [2.75, 3.05) is 32.8 Å². The molecule has 2 N–H and O–H groups in total. The van der Waals surface area contributed by atoms with Gasteiger partial charge in [0.25, 0.3) is 0 Å². The number of carbonyl (C=O) groups is 1. The Bertz CT molecular complexity index is 1030. The maximum absolute atomic E-state index is 14.6. The molecule has 0 bridgehead atoms. The number of aryl methyl sites for hydroxylation is 1. The van der Waals surface area contributed by atoms with Gasteiger partial charge >= 0.3 is 5.97 Å². The maximum atomic E-state index is 14.6. The molecule has 2 aliphatic carbocycles. The van der Waals surface area contributed by atoms with E-state index in [0.717, 1.165) is 63.7 Å². The number of likely N-dealkylation sites (tertiary alicyclic amines) is 1. The molecule has 6 heteroatoms. The van der Waals surface area contributed by atoms with Gasteiger partial charge in [-0.1, -0.05) is 49.4 Å². The largest absolute Gasteiger partial charge is 0.490 e. The normalized spacial score (nSPS) is 24.6. The molecule has 0 radical (unpaired) electrons.